The third-order valence-corrected chi connectivity index (χ3v) is 4.59. The maximum atomic E-state index is 6.61. The highest BCUT2D eigenvalue weighted by Gasteiger charge is 2.45. The lowest BCUT2D eigenvalue weighted by atomic mass is 9.84. The fraction of sp³-hybridized carbons (Fsp3) is 0.333. The molecule has 1 saturated heterocycles. The van der Waals surface area contributed by atoms with Crippen molar-refractivity contribution in [2.75, 3.05) is 13.1 Å². The number of hydrogen-bond acceptors (Lipinski definition) is 2. The van der Waals surface area contributed by atoms with Crippen molar-refractivity contribution in [3.63, 3.8) is 0 Å². The van der Waals surface area contributed by atoms with Crippen LogP contribution in [0.3, 0.4) is 0 Å². The van der Waals surface area contributed by atoms with E-state index >= 15 is 0 Å². The number of benzene rings is 2. The van der Waals surface area contributed by atoms with E-state index in [0.717, 1.165) is 25.9 Å². The van der Waals surface area contributed by atoms with Gasteiger partial charge < -0.3 is 10.1 Å². The molecule has 2 nitrogen and oxygen atoms in total. The molecule has 2 aliphatic rings. The molecular formula is C18H19NO. The first-order chi connectivity index (χ1) is 9.89. The number of nitrogens with one attached hydrogen (secondary N) is 1. The fourth-order valence-corrected chi connectivity index (χ4v) is 3.59. The molecule has 0 unspecified atom stereocenters. The topological polar surface area (TPSA) is 21.3 Å². The Morgan fingerprint density at radius 3 is 2.40 bits per heavy atom. The summed E-state index contributed by atoms with van der Waals surface area (Å²) in [5.74, 6) is 0. The second-order valence-electron chi connectivity index (χ2n) is 5.74. The molecular weight excluding hydrogens is 246 g/mol. The number of rotatable bonds is 1. The van der Waals surface area contributed by atoms with Crippen LogP contribution in [0.4, 0.5) is 0 Å². The largest absolute Gasteiger partial charge is 0.358 e. The minimum absolute atomic E-state index is 0.0810. The fourth-order valence-electron chi connectivity index (χ4n) is 3.59. The average Bonchev–Trinajstić information content (AvgIpc) is 2.84. The van der Waals surface area contributed by atoms with E-state index in [1.165, 1.54) is 16.7 Å². The SMILES string of the molecule is c1ccc([C@H]2OC3(CCNCC3)c3ccccc32)cc1. The van der Waals surface area contributed by atoms with E-state index in [1.54, 1.807) is 0 Å². The molecule has 2 heteroatoms. The summed E-state index contributed by atoms with van der Waals surface area (Å²) in [7, 11) is 0. The van der Waals surface area contributed by atoms with E-state index in [0.29, 0.717) is 0 Å². The van der Waals surface area contributed by atoms with Gasteiger partial charge in [-0.3, -0.25) is 0 Å². The van der Waals surface area contributed by atoms with Crippen LogP contribution in [0.25, 0.3) is 0 Å². The second-order valence-corrected chi connectivity index (χ2v) is 5.74. The summed E-state index contributed by atoms with van der Waals surface area (Å²) in [6.45, 7) is 2.08. The van der Waals surface area contributed by atoms with Crippen LogP contribution >= 0.6 is 0 Å². The normalized spacial score (nSPS) is 23.7. The quantitative estimate of drug-likeness (QED) is 0.853. The number of piperidine rings is 1. The second kappa shape index (κ2) is 4.72. The van der Waals surface area contributed by atoms with Gasteiger partial charge in [-0.2, -0.15) is 0 Å². The molecule has 20 heavy (non-hydrogen) atoms. The van der Waals surface area contributed by atoms with Crippen LogP contribution in [-0.4, -0.2) is 13.1 Å². The van der Waals surface area contributed by atoms with Gasteiger partial charge in [-0.05, 0) is 42.6 Å². The van der Waals surface area contributed by atoms with E-state index in [1.807, 2.05) is 0 Å². The van der Waals surface area contributed by atoms with Crippen molar-refractivity contribution in [3.05, 3.63) is 71.3 Å². The van der Waals surface area contributed by atoms with Gasteiger partial charge in [0.2, 0.25) is 0 Å². The molecule has 0 radical (unpaired) electrons. The number of fused-ring (bicyclic) bond motifs is 2. The lowest BCUT2D eigenvalue weighted by molar-refractivity contribution is -0.0798. The molecule has 102 valence electrons. The van der Waals surface area contributed by atoms with Crippen LogP contribution < -0.4 is 5.32 Å². The molecule has 1 N–H and O–H groups in total. The van der Waals surface area contributed by atoms with E-state index in [4.69, 9.17) is 4.74 Å². The Labute approximate surface area is 119 Å². The van der Waals surface area contributed by atoms with E-state index < -0.39 is 0 Å². The Morgan fingerprint density at radius 2 is 1.60 bits per heavy atom. The first-order valence-corrected chi connectivity index (χ1v) is 7.42. The maximum Gasteiger partial charge on any atom is 0.109 e. The highest BCUT2D eigenvalue weighted by Crippen LogP contribution is 2.50. The predicted molar refractivity (Wildman–Crippen MR) is 79.6 cm³/mol. The summed E-state index contributed by atoms with van der Waals surface area (Å²) in [5, 5.41) is 3.44. The van der Waals surface area contributed by atoms with Gasteiger partial charge >= 0.3 is 0 Å². The Morgan fingerprint density at radius 1 is 0.900 bits per heavy atom. The molecule has 2 heterocycles. The average molecular weight is 265 g/mol. The molecule has 4 rings (SSSR count). The molecule has 0 aliphatic carbocycles. The van der Waals surface area contributed by atoms with Gasteiger partial charge in [-0.15, -0.1) is 0 Å². The van der Waals surface area contributed by atoms with Crippen molar-refractivity contribution in [1.29, 1.82) is 0 Å². The van der Waals surface area contributed by atoms with E-state index in [9.17, 15) is 0 Å². The van der Waals surface area contributed by atoms with Gasteiger partial charge in [0.1, 0.15) is 6.10 Å². The monoisotopic (exact) mass is 265 g/mol. The zero-order valence-electron chi connectivity index (χ0n) is 11.5. The molecule has 0 saturated carbocycles. The highest BCUT2D eigenvalue weighted by molar-refractivity contribution is 5.43. The van der Waals surface area contributed by atoms with Crippen LogP contribution in [0.2, 0.25) is 0 Å². The van der Waals surface area contributed by atoms with Crippen LogP contribution in [0.5, 0.6) is 0 Å². The standard InChI is InChI=1S/C18H19NO/c1-2-6-14(7-3-1)17-15-8-4-5-9-16(15)18(20-17)10-12-19-13-11-18/h1-9,17,19H,10-13H2/t17-/m1/s1. The van der Waals surface area contributed by atoms with Crippen molar-refractivity contribution >= 4 is 0 Å². The molecule has 0 aromatic heterocycles. The van der Waals surface area contributed by atoms with Gasteiger partial charge in [0.25, 0.3) is 0 Å². The molecule has 2 aromatic rings. The molecule has 0 amide bonds. The van der Waals surface area contributed by atoms with Crippen molar-refractivity contribution in [3.8, 4) is 0 Å². The summed E-state index contributed by atoms with van der Waals surface area (Å²) in [4.78, 5) is 0. The smallest absolute Gasteiger partial charge is 0.109 e. The van der Waals surface area contributed by atoms with Crippen molar-refractivity contribution in [2.24, 2.45) is 0 Å². The Hall–Kier alpha value is -1.64. The lowest BCUT2D eigenvalue weighted by Crippen LogP contribution is -2.39. The van der Waals surface area contributed by atoms with Gasteiger partial charge in [0, 0.05) is 0 Å². The van der Waals surface area contributed by atoms with Crippen LogP contribution in [-0.2, 0) is 10.3 Å². The minimum Gasteiger partial charge on any atom is -0.358 e. The maximum absolute atomic E-state index is 6.61. The van der Waals surface area contributed by atoms with E-state index in [-0.39, 0.29) is 11.7 Å². The van der Waals surface area contributed by atoms with Gasteiger partial charge in [-0.25, -0.2) is 0 Å². The molecule has 0 bridgehead atoms. The van der Waals surface area contributed by atoms with Crippen LogP contribution in [0.15, 0.2) is 54.6 Å². The van der Waals surface area contributed by atoms with Crippen LogP contribution in [0, 0.1) is 0 Å². The zero-order valence-corrected chi connectivity index (χ0v) is 11.5. The van der Waals surface area contributed by atoms with Gasteiger partial charge in [0.15, 0.2) is 0 Å². The minimum atomic E-state index is -0.0810. The Bertz CT molecular complexity index is 602. The van der Waals surface area contributed by atoms with Crippen LogP contribution in [0.1, 0.15) is 35.6 Å². The van der Waals surface area contributed by atoms with E-state index in [2.05, 4.69) is 59.9 Å². The summed E-state index contributed by atoms with van der Waals surface area (Å²) in [6, 6.07) is 19.3. The first kappa shape index (κ1) is 12.1. The van der Waals surface area contributed by atoms with Crippen molar-refractivity contribution in [2.45, 2.75) is 24.5 Å². The summed E-state index contributed by atoms with van der Waals surface area (Å²) >= 11 is 0. The Kier molecular flexibility index (Phi) is 2.86. The van der Waals surface area contributed by atoms with Gasteiger partial charge in [-0.1, -0.05) is 54.6 Å². The Balaban J connectivity index is 1.81. The third kappa shape index (κ3) is 1.80. The first-order valence-electron chi connectivity index (χ1n) is 7.42. The van der Waals surface area contributed by atoms with Gasteiger partial charge in [0.05, 0.1) is 5.60 Å². The number of ether oxygens (including phenoxy) is 1. The summed E-state index contributed by atoms with van der Waals surface area (Å²) in [6.07, 6.45) is 2.21. The molecule has 2 aliphatic heterocycles. The predicted octanol–water partition coefficient (Wildman–Crippen LogP) is 3.38. The lowest BCUT2D eigenvalue weighted by Gasteiger charge is -2.34. The summed E-state index contributed by atoms with van der Waals surface area (Å²) in [5.41, 5.74) is 3.92. The van der Waals surface area contributed by atoms with Crippen molar-refractivity contribution in [1.82, 2.24) is 5.32 Å². The third-order valence-electron chi connectivity index (χ3n) is 4.59. The molecule has 1 atom stereocenters. The highest BCUT2D eigenvalue weighted by atomic mass is 16.5. The zero-order chi connectivity index (χ0) is 13.4. The molecule has 1 spiro atoms. The van der Waals surface area contributed by atoms with Crippen molar-refractivity contribution < 1.29 is 4.74 Å². The molecule has 2 aromatic carbocycles. The molecule has 1 fully saturated rings. The number of hydrogen-bond donors (Lipinski definition) is 1. The summed E-state index contributed by atoms with van der Waals surface area (Å²) < 4.78 is 6.61.